The molecule has 252 valence electrons. The maximum Gasteiger partial charge on any atom is 0.490 e. The predicted octanol–water partition coefficient (Wildman–Crippen LogP) is 4.31. The van der Waals surface area contributed by atoms with Crippen LogP contribution < -0.4 is 5.32 Å². The van der Waals surface area contributed by atoms with Crippen LogP contribution in [0, 0.1) is 0 Å². The molecule has 1 aliphatic heterocycles. The van der Waals surface area contributed by atoms with Crippen LogP contribution in [-0.4, -0.2) is 97.4 Å². The van der Waals surface area contributed by atoms with Gasteiger partial charge in [-0.15, -0.1) is 0 Å². The lowest BCUT2D eigenvalue weighted by molar-refractivity contribution is -0.193. The fourth-order valence-corrected chi connectivity index (χ4v) is 3.16. The Balaban J connectivity index is 0.000000396. The Labute approximate surface area is 247 Å². The summed E-state index contributed by atoms with van der Waals surface area (Å²) < 4.78 is 101. The first-order valence-electron chi connectivity index (χ1n) is 12.4. The van der Waals surface area contributed by atoms with Crippen molar-refractivity contribution in [3.05, 3.63) is 48.2 Å². The molecule has 21 heteroatoms. The molecule has 2 aromatic rings. The van der Waals surface area contributed by atoms with E-state index in [1.165, 1.54) is 24.8 Å². The topological polar surface area (TPSA) is 175 Å². The van der Waals surface area contributed by atoms with Crippen LogP contribution in [0.5, 0.6) is 0 Å². The number of morpholine rings is 1. The highest BCUT2D eigenvalue weighted by Gasteiger charge is 2.39. The number of halogens is 9. The predicted molar refractivity (Wildman–Crippen MR) is 133 cm³/mol. The van der Waals surface area contributed by atoms with Crippen molar-refractivity contribution < 1.29 is 74.0 Å². The number of carboxylic acid groups (broad SMARTS) is 3. The van der Waals surface area contributed by atoms with Gasteiger partial charge in [-0.3, -0.25) is 9.88 Å². The van der Waals surface area contributed by atoms with E-state index in [2.05, 4.69) is 32.3 Å². The molecule has 0 aromatic carbocycles. The van der Waals surface area contributed by atoms with Crippen LogP contribution in [-0.2, 0) is 25.7 Å². The molecule has 3 heterocycles. The summed E-state index contributed by atoms with van der Waals surface area (Å²) in [5.41, 5.74) is 1.25. The van der Waals surface area contributed by atoms with Gasteiger partial charge in [-0.1, -0.05) is 0 Å². The molecule has 45 heavy (non-hydrogen) atoms. The van der Waals surface area contributed by atoms with Crippen LogP contribution in [0.3, 0.4) is 0 Å². The Morgan fingerprint density at radius 1 is 0.844 bits per heavy atom. The molecule has 1 unspecified atom stereocenters. The number of nitrogens with one attached hydrogen (secondary N) is 1. The van der Waals surface area contributed by atoms with E-state index in [-0.39, 0.29) is 6.04 Å². The number of pyridine rings is 1. The minimum Gasteiger partial charge on any atom is -0.475 e. The lowest BCUT2D eigenvalue weighted by Gasteiger charge is -2.34. The number of ether oxygens (including phenoxy) is 1. The van der Waals surface area contributed by atoms with Crippen molar-refractivity contribution in [3.63, 3.8) is 0 Å². The van der Waals surface area contributed by atoms with Gasteiger partial charge in [-0.05, 0) is 43.0 Å². The number of carbonyl (C=O) groups is 3. The zero-order valence-corrected chi connectivity index (χ0v) is 22.7. The van der Waals surface area contributed by atoms with Gasteiger partial charge in [0.1, 0.15) is 11.6 Å². The van der Waals surface area contributed by atoms with E-state index < -0.39 is 36.4 Å². The van der Waals surface area contributed by atoms with Crippen molar-refractivity contribution in [3.8, 4) is 0 Å². The lowest BCUT2D eigenvalue weighted by Crippen LogP contribution is -2.40. The van der Waals surface area contributed by atoms with Crippen molar-refractivity contribution in [2.24, 2.45) is 0 Å². The average molecular weight is 667 g/mol. The summed E-state index contributed by atoms with van der Waals surface area (Å²) in [5.74, 6) is -6.50. The summed E-state index contributed by atoms with van der Waals surface area (Å²) >= 11 is 0. The van der Waals surface area contributed by atoms with E-state index >= 15 is 0 Å². The van der Waals surface area contributed by atoms with Crippen molar-refractivity contribution >= 4 is 23.7 Å². The Morgan fingerprint density at radius 2 is 1.33 bits per heavy atom. The van der Waals surface area contributed by atoms with E-state index in [0.717, 1.165) is 31.3 Å². The summed E-state index contributed by atoms with van der Waals surface area (Å²) in [7, 11) is 0. The van der Waals surface area contributed by atoms with E-state index in [1.807, 2.05) is 24.7 Å². The number of aromatic nitrogens is 3. The van der Waals surface area contributed by atoms with Crippen LogP contribution in [0.4, 0.5) is 45.3 Å². The standard InChI is InChI=1S/C18H23N5O.3C2HF3O2/c1-2-15(3-1)21-17-6-9-20-18(22-17)16-13-24-11-10-23(16)12-14-4-7-19-8-5-14;3*3-2(4,5)1(6)7/h4-9,15-16H,1-3,10-13H2,(H,20,21,22);3*(H,6,7). The molecule has 4 rings (SSSR count). The lowest BCUT2D eigenvalue weighted by atomic mass is 9.93. The van der Waals surface area contributed by atoms with E-state index in [9.17, 15) is 39.5 Å². The molecule has 1 saturated heterocycles. The molecule has 0 bridgehead atoms. The van der Waals surface area contributed by atoms with Crippen LogP contribution in [0.25, 0.3) is 0 Å². The van der Waals surface area contributed by atoms with Crippen molar-refractivity contribution in [1.29, 1.82) is 0 Å². The molecule has 12 nitrogen and oxygen atoms in total. The summed E-state index contributed by atoms with van der Waals surface area (Å²) in [5, 5.41) is 24.9. The summed E-state index contributed by atoms with van der Waals surface area (Å²) in [6, 6.07) is 6.74. The second-order valence-corrected chi connectivity index (χ2v) is 8.90. The van der Waals surface area contributed by atoms with Crippen LogP contribution >= 0.6 is 0 Å². The molecule has 0 radical (unpaired) electrons. The van der Waals surface area contributed by atoms with Gasteiger partial charge >= 0.3 is 36.4 Å². The third-order valence-electron chi connectivity index (χ3n) is 5.53. The summed E-state index contributed by atoms with van der Waals surface area (Å²) in [4.78, 5) is 42.4. The van der Waals surface area contributed by atoms with Gasteiger partial charge in [0.05, 0.1) is 19.3 Å². The molecule has 1 aliphatic carbocycles. The van der Waals surface area contributed by atoms with Crippen molar-refractivity contribution in [2.75, 3.05) is 25.1 Å². The maximum absolute atomic E-state index is 10.6. The number of rotatable bonds is 5. The Morgan fingerprint density at radius 3 is 1.76 bits per heavy atom. The number of alkyl halides is 9. The van der Waals surface area contributed by atoms with Gasteiger partial charge in [0.25, 0.3) is 0 Å². The first-order valence-corrected chi connectivity index (χ1v) is 12.4. The molecule has 4 N–H and O–H groups in total. The fourth-order valence-electron chi connectivity index (χ4n) is 3.16. The molecule has 0 amide bonds. The number of hydrogen-bond acceptors (Lipinski definition) is 9. The Kier molecular flexibility index (Phi) is 14.9. The third kappa shape index (κ3) is 15.3. The van der Waals surface area contributed by atoms with Crippen molar-refractivity contribution in [1.82, 2.24) is 19.9 Å². The van der Waals surface area contributed by atoms with Gasteiger partial charge in [-0.25, -0.2) is 24.4 Å². The molecular weight excluding hydrogens is 641 g/mol. The number of aliphatic carboxylic acids is 3. The molecule has 2 aromatic heterocycles. The number of hydrogen-bond donors (Lipinski definition) is 4. The first-order chi connectivity index (χ1) is 20.7. The largest absolute Gasteiger partial charge is 0.490 e. The van der Waals surface area contributed by atoms with Gasteiger partial charge in [0.15, 0.2) is 0 Å². The highest BCUT2D eigenvalue weighted by molar-refractivity contribution is 5.73. The number of carboxylic acids is 3. The zero-order valence-electron chi connectivity index (χ0n) is 22.7. The SMILES string of the molecule is O=C(O)C(F)(F)F.O=C(O)C(F)(F)F.O=C(O)C(F)(F)F.c1cc(CN2CCOCC2c2nccc(NC3CCC3)n2)ccn1. The average Bonchev–Trinajstić information content (AvgIpc) is 2.91. The molecule has 1 saturated carbocycles. The van der Waals surface area contributed by atoms with Crippen LogP contribution in [0.1, 0.15) is 36.7 Å². The number of anilines is 1. The van der Waals surface area contributed by atoms with Gasteiger partial charge in [0.2, 0.25) is 0 Å². The third-order valence-corrected chi connectivity index (χ3v) is 5.53. The van der Waals surface area contributed by atoms with E-state index in [1.54, 1.807) is 0 Å². The molecular formula is C24H26F9N5O7. The fraction of sp³-hybridized carbons (Fsp3) is 0.500. The van der Waals surface area contributed by atoms with Crippen LogP contribution in [0.2, 0.25) is 0 Å². The minimum atomic E-state index is -5.08. The number of nitrogens with zero attached hydrogens (tertiary/aromatic N) is 4. The second kappa shape index (κ2) is 17.3. The van der Waals surface area contributed by atoms with Gasteiger partial charge < -0.3 is 25.4 Å². The maximum atomic E-state index is 10.6. The zero-order chi connectivity index (χ0) is 34.4. The summed E-state index contributed by atoms with van der Waals surface area (Å²) in [6.45, 7) is 3.14. The molecule has 2 aliphatic rings. The highest BCUT2D eigenvalue weighted by Crippen LogP contribution is 2.26. The quantitative estimate of drug-likeness (QED) is 0.333. The molecule has 0 spiro atoms. The Bertz CT molecular complexity index is 1170. The monoisotopic (exact) mass is 667 g/mol. The first kappa shape index (κ1) is 38.8. The molecule has 1 atom stereocenters. The van der Waals surface area contributed by atoms with Crippen LogP contribution in [0.15, 0.2) is 36.8 Å². The summed E-state index contributed by atoms with van der Waals surface area (Å²) in [6.07, 6.45) is -5.94. The minimum absolute atomic E-state index is 0.0926. The molecule has 2 fully saturated rings. The van der Waals surface area contributed by atoms with Crippen molar-refractivity contribution in [2.45, 2.75) is 56.4 Å². The second-order valence-electron chi connectivity index (χ2n) is 8.90. The van der Waals surface area contributed by atoms with Gasteiger partial charge in [0, 0.05) is 37.7 Å². The Hall–Kier alpha value is -4.27. The van der Waals surface area contributed by atoms with E-state index in [0.29, 0.717) is 12.6 Å². The smallest absolute Gasteiger partial charge is 0.475 e. The van der Waals surface area contributed by atoms with Gasteiger partial charge in [-0.2, -0.15) is 39.5 Å². The normalized spacial score (nSPS) is 17.0. The highest BCUT2D eigenvalue weighted by atomic mass is 19.4. The van der Waals surface area contributed by atoms with E-state index in [4.69, 9.17) is 39.4 Å².